The molecule has 2 aromatic rings. The van der Waals surface area contributed by atoms with Crippen LogP contribution in [-0.4, -0.2) is 22.9 Å². The van der Waals surface area contributed by atoms with Gasteiger partial charge in [0.15, 0.2) is 5.78 Å². The van der Waals surface area contributed by atoms with Gasteiger partial charge in [0.2, 0.25) is 0 Å². The predicted octanol–water partition coefficient (Wildman–Crippen LogP) is 2.54. The van der Waals surface area contributed by atoms with E-state index < -0.39 is 7.12 Å². The number of ketones is 1. The number of hydrogen-bond acceptors (Lipinski definition) is 5. The van der Waals surface area contributed by atoms with Crippen LogP contribution in [0.4, 0.5) is 11.4 Å². The van der Waals surface area contributed by atoms with E-state index >= 15 is 0 Å². The van der Waals surface area contributed by atoms with E-state index in [0.29, 0.717) is 28.0 Å². The van der Waals surface area contributed by atoms with E-state index in [0.717, 1.165) is 0 Å². The lowest BCUT2D eigenvalue weighted by molar-refractivity contribution is 0.103. The van der Waals surface area contributed by atoms with Gasteiger partial charge in [0.05, 0.1) is 11.4 Å². The summed E-state index contributed by atoms with van der Waals surface area (Å²) in [7, 11) is -1.50. The van der Waals surface area contributed by atoms with Gasteiger partial charge in [-0.1, -0.05) is 18.7 Å². The molecule has 2 rings (SSSR count). The van der Waals surface area contributed by atoms with Crippen molar-refractivity contribution >= 4 is 29.7 Å². The average Bonchev–Trinajstić information content (AvgIpc) is 2.53. The lowest BCUT2D eigenvalue weighted by Crippen LogP contribution is -2.29. The van der Waals surface area contributed by atoms with Gasteiger partial charge in [0, 0.05) is 5.56 Å². The smallest absolute Gasteiger partial charge is 0.423 e. The van der Waals surface area contributed by atoms with Gasteiger partial charge in [-0.3, -0.25) is 4.79 Å². The molecule has 5 nitrogen and oxygen atoms in total. The number of Topliss-reactive ketones (excluding diaryl/α,β-unsaturated/α-hetero) is 1. The van der Waals surface area contributed by atoms with Gasteiger partial charge in [-0.2, -0.15) is 10.2 Å². The highest BCUT2D eigenvalue weighted by atomic mass is 16.4. The van der Waals surface area contributed by atoms with Crippen molar-refractivity contribution in [3.05, 3.63) is 66.2 Å². The summed E-state index contributed by atoms with van der Waals surface area (Å²) in [6.07, 6.45) is 0. The van der Waals surface area contributed by atoms with E-state index in [1.807, 2.05) is 0 Å². The third-order valence-corrected chi connectivity index (χ3v) is 2.99. The second-order valence-corrected chi connectivity index (χ2v) is 4.82. The molecule has 2 aromatic carbocycles. The molecule has 22 heavy (non-hydrogen) atoms. The fourth-order valence-electron chi connectivity index (χ4n) is 1.75. The highest BCUT2D eigenvalue weighted by Crippen LogP contribution is 2.19. The molecular weight excluding hydrogens is 279 g/mol. The van der Waals surface area contributed by atoms with Crippen LogP contribution >= 0.6 is 0 Å². The fourth-order valence-corrected chi connectivity index (χ4v) is 1.75. The molecule has 0 bridgehead atoms. The third-order valence-electron chi connectivity index (χ3n) is 2.99. The summed E-state index contributed by atoms with van der Waals surface area (Å²) in [5.74, 6) is -0.0957. The molecule has 0 unspecified atom stereocenters. The first-order valence-electron chi connectivity index (χ1n) is 6.65. The topological polar surface area (TPSA) is 82.2 Å². The maximum Gasteiger partial charge on any atom is 0.488 e. The molecule has 0 saturated heterocycles. The van der Waals surface area contributed by atoms with Crippen LogP contribution in [0.25, 0.3) is 0 Å². The zero-order valence-corrected chi connectivity index (χ0v) is 12.1. The van der Waals surface area contributed by atoms with Gasteiger partial charge >= 0.3 is 7.12 Å². The van der Waals surface area contributed by atoms with Crippen molar-refractivity contribution in [1.82, 2.24) is 0 Å². The van der Waals surface area contributed by atoms with Crippen molar-refractivity contribution in [1.29, 1.82) is 0 Å². The van der Waals surface area contributed by atoms with Gasteiger partial charge in [0.25, 0.3) is 0 Å². The van der Waals surface area contributed by atoms with E-state index in [4.69, 9.17) is 10.0 Å². The Morgan fingerprint density at radius 2 is 1.41 bits per heavy atom. The van der Waals surface area contributed by atoms with E-state index in [2.05, 4.69) is 16.8 Å². The summed E-state index contributed by atoms with van der Waals surface area (Å²) in [6.45, 7) is 5.29. The molecule has 2 N–H and O–H groups in total. The van der Waals surface area contributed by atoms with Crippen LogP contribution in [0, 0.1) is 0 Å². The Kier molecular flexibility index (Phi) is 4.98. The molecule has 0 atom stereocenters. The van der Waals surface area contributed by atoms with Crippen LogP contribution in [0.2, 0.25) is 0 Å². The van der Waals surface area contributed by atoms with Crippen LogP contribution in [0.1, 0.15) is 17.3 Å². The Morgan fingerprint density at radius 1 is 0.955 bits per heavy atom. The molecule has 0 amide bonds. The third kappa shape index (κ3) is 3.97. The number of rotatable bonds is 5. The number of carbonyl (C=O) groups excluding carboxylic acids is 1. The Hall–Kier alpha value is -2.57. The van der Waals surface area contributed by atoms with Crippen molar-refractivity contribution in [3.63, 3.8) is 0 Å². The second-order valence-electron chi connectivity index (χ2n) is 4.82. The maximum absolute atomic E-state index is 11.7. The normalized spacial score (nSPS) is 10.7. The van der Waals surface area contributed by atoms with Crippen molar-refractivity contribution < 1.29 is 14.8 Å². The minimum atomic E-state index is -1.50. The Bertz CT molecular complexity index is 707. The van der Waals surface area contributed by atoms with E-state index in [9.17, 15) is 4.79 Å². The highest BCUT2D eigenvalue weighted by Gasteiger charge is 2.09. The van der Waals surface area contributed by atoms with E-state index in [-0.39, 0.29) is 5.78 Å². The number of carbonyl (C=O) groups is 1. The first-order valence-corrected chi connectivity index (χ1v) is 6.65. The maximum atomic E-state index is 11.7. The summed E-state index contributed by atoms with van der Waals surface area (Å²) in [6, 6.07) is 13.2. The minimum absolute atomic E-state index is 0.0957. The molecule has 0 radical (unpaired) electrons. The van der Waals surface area contributed by atoms with Crippen molar-refractivity contribution in [2.75, 3.05) is 0 Å². The van der Waals surface area contributed by atoms with Gasteiger partial charge < -0.3 is 10.0 Å². The van der Waals surface area contributed by atoms with E-state index in [1.165, 1.54) is 0 Å². The van der Waals surface area contributed by atoms with Crippen molar-refractivity contribution in [2.45, 2.75) is 6.92 Å². The van der Waals surface area contributed by atoms with Crippen LogP contribution in [0.3, 0.4) is 0 Å². The number of benzene rings is 2. The first-order chi connectivity index (χ1) is 10.5. The van der Waals surface area contributed by atoms with E-state index in [1.54, 1.807) is 55.5 Å². The molecular formula is C16H15BN2O3. The summed E-state index contributed by atoms with van der Waals surface area (Å²) in [4.78, 5) is 11.7. The van der Waals surface area contributed by atoms with Gasteiger partial charge in [-0.15, -0.1) is 0 Å². The molecule has 0 aliphatic carbocycles. The molecule has 0 saturated carbocycles. The van der Waals surface area contributed by atoms with Crippen molar-refractivity contribution in [3.8, 4) is 0 Å². The molecule has 0 aliphatic rings. The minimum Gasteiger partial charge on any atom is -0.423 e. The quantitative estimate of drug-likeness (QED) is 0.385. The number of azo groups is 1. The standard InChI is InChI=1S/C16H15BN2O3/c1-11(2)16(20)12-3-7-14(8-4-12)18-19-15-9-5-13(6-10-15)17(21)22/h3-10,21-22H,1H2,2H3. The molecule has 0 aliphatic heterocycles. The Morgan fingerprint density at radius 3 is 1.82 bits per heavy atom. The predicted molar refractivity (Wildman–Crippen MR) is 86.0 cm³/mol. The van der Waals surface area contributed by atoms with Crippen LogP contribution < -0.4 is 5.46 Å². The molecule has 6 heteroatoms. The van der Waals surface area contributed by atoms with Gasteiger partial charge in [-0.05, 0) is 54.4 Å². The lowest BCUT2D eigenvalue weighted by Gasteiger charge is -2.00. The Labute approximate surface area is 128 Å². The summed E-state index contributed by atoms with van der Waals surface area (Å²) < 4.78 is 0. The summed E-state index contributed by atoms with van der Waals surface area (Å²) >= 11 is 0. The number of allylic oxidation sites excluding steroid dienone is 1. The SMILES string of the molecule is C=C(C)C(=O)c1ccc(N=Nc2ccc(B(O)O)cc2)cc1. The summed E-state index contributed by atoms with van der Waals surface area (Å²) in [5.41, 5.74) is 2.64. The largest absolute Gasteiger partial charge is 0.488 e. The number of hydrogen-bond donors (Lipinski definition) is 2. The molecule has 0 fully saturated rings. The molecule has 0 aromatic heterocycles. The van der Waals surface area contributed by atoms with Gasteiger partial charge in [0.1, 0.15) is 0 Å². The van der Waals surface area contributed by atoms with Gasteiger partial charge in [-0.25, -0.2) is 0 Å². The lowest BCUT2D eigenvalue weighted by atomic mass is 9.80. The Balaban J connectivity index is 2.10. The summed E-state index contributed by atoms with van der Waals surface area (Å²) in [5, 5.41) is 26.1. The molecule has 0 spiro atoms. The fraction of sp³-hybridized carbons (Fsp3) is 0.0625. The monoisotopic (exact) mass is 294 g/mol. The second kappa shape index (κ2) is 6.93. The van der Waals surface area contributed by atoms with Crippen molar-refractivity contribution in [2.24, 2.45) is 10.2 Å². The number of nitrogens with zero attached hydrogens (tertiary/aromatic N) is 2. The zero-order valence-electron chi connectivity index (χ0n) is 12.1. The van der Waals surface area contributed by atoms with Crippen LogP contribution in [0.5, 0.6) is 0 Å². The average molecular weight is 294 g/mol. The first kappa shape index (κ1) is 15.8. The highest BCUT2D eigenvalue weighted by molar-refractivity contribution is 6.58. The zero-order chi connectivity index (χ0) is 16.1. The van der Waals surface area contributed by atoms with Crippen LogP contribution in [-0.2, 0) is 0 Å². The molecule has 110 valence electrons. The molecule has 0 heterocycles. The van der Waals surface area contributed by atoms with Crippen LogP contribution in [0.15, 0.2) is 70.9 Å².